The maximum Gasteiger partial charge on any atom is 0.522 e. The van der Waals surface area contributed by atoms with Crippen LogP contribution in [0, 0.1) is 22.5 Å². The van der Waals surface area contributed by atoms with Crippen LogP contribution in [0.25, 0.3) is 0 Å². The van der Waals surface area contributed by atoms with Crippen molar-refractivity contribution in [1.82, 2.24) is 25.7 Å². The number of amides is 1. The van der Waals surface area contributed by atoms with Crippen molar-refractivity contribution in [2.75, 3.05) is 13.2 Å². The zero-order chi connectivity index (χ0) is 49.5. The van der Waals surface area contributed by atoms with Gasteiger partial charge in [0.1, 0.15) is 23.1 Å². The second-order valence-corrected chi connectivity index (χ2v) is 19.7. The van der Waals surface area contributed by atoms with Gasteiger partial charge in [-0.3, -0.25) is 14.3 Å². The SMILES string of the molecule is NC1CC2(C1)CC(c1nnc(C3CC(OC(F)(F)F)C3)o1)C2.O=C(COc1ccc(Cl)c(F)c1)NC1CC2(C1)CC(c1nnc(C3CC(OC(F)(F)F)C3)o1)C2.O=C(O)COc1ccc(Cl)c(F)c1. The lowest BCUT2D eigenvalue weighted by molar-refractivity contribution is -0.353. The second-order valence-electron chi connectivity index (χ2n) is 18.8. The summed E-state index contributed by atoms with van der Waals surface area (Å²) in [7, 11) is 0. The van der Waals surface area contributed by atoms with Crippen molar-refractivity contribution in [1.29, 1.82) is 0 Å². The normalized spacial score (nSPS) is 29.8. The van der Waals surface area contributed by atoms with Gasteiger partial charge in [-0.25, -0.2) is 13.6 Å². The summed E-state index contributed by atoms with van der Waals surface area (Å²) in [5.74, 6) is -0.186. The number of benzene rings is 2. The molecule has 1 amide bonds. The molecule has 376 valence electrons. The summed E-state index contributed by atoms with van der Waals surface area (Å²) < 4.78 is 129. The number of nitrogens with one attached hydrogen (secondary N) is 1. The summed E-state index contributed by atoms with van der Waals surface area (Å²) in [4.78, 5) is 22.2. The first-order valence-corrected chi connectivity index (χ1v) is 22.8. The van der Waals surface area contributed by atoms with Gasteiger partial charge in [-0.05, 0) is 112 Å². The third-order valence-corrected chi connectivity index (χ3v) is 14.1. The number of halogens is 10. The number of carboxylic acids is 1. The van der Waals surface area contributed by atoms with Gasteiger partial charge in [0.15, 0.2) is 13.2 Å². The predicted octanol–water partition coefficient (Wildman–Crippen LogP) is 9.65. The zero-order valence-corrected chi connectivity index (χ0v) is 37.9. The van der Waals surface area contributed by atoms with Crippen LogP contribution in [0.1, 0.15) is 124 Å². The van der Waals surface area contributed by atoms with Crippen LogP contribution >= 0.6 is 23.2 Å². The Labute approximate surface area is 398 Å². The van der Waals surface area contributed by atoms with Gasteiger partial charge in [0.2, 0.25) is 23.6 Å². The summed E-state index contributed by atoms with van der Waals surface area (Å²) in [6, 6.07) is 8.11. The topological polar surface area (TPSA) is 207 Å². The van der Waals surface area contributed by atoms with Gasteiger partial charge in [-0.2, -0.15) is 0 Å². The summed E-state index contributed by atoms with van der Waals surface area (Å²) >= 11 is 11.0. The molecule has 2 heterocycles. The molecule has 69 heavy (non-hydrogen) atoms. The fraction of sp³-hybridized carbons (Fsp3) is 0.591. The van der Waals surface area contributed by atoms with Crippen LogP contribution in [0.15, 0.2) is 45.2 Å². The van der Waals surface area contributed by atoms with E-state index in [4.69, 9.17) is 52.4 Å². The van der Waals surface area contributed by atoms with E-state index in [1.807, 2.05) is 0 Å². The van der Waals surface area contributed by atoms with Gasteiger partial charge in [0.25, 0.3) is 5.91 Å². The molecule has 6 saturated carbocycles. The zero-order valence-electron chi connectivity index (χ0n) is 36.3. The standard InChI is InChI=1S/C22H22ClF4N3O4.C14H18F3N3O2.C8H6ClFO3/c23-16-2-1-14(5-17(16)24)32-10-18(31)28-13-8-21(9-13)6-12(7-21)20-30-29-19(33-20)11-3-15(4-11)34-22(25,26)27;15-14(16,17)22-10-1-7(2-10)11-19-20-12(21-11)8-3-13(4-8)5-9(18)6-13;9-6-2-1-5(3-7(6)10)13-4-8(11)12/h1-2,5,11-13,15H,3-4,6-10H2,(H,28,31);7-10H,1-6,18H2;1-3H,4H2,(H,11,12). The molecule has 4 aromatic rings. The van der Waals surface area contributed by atoms with Crippen LogP contribution in [0.3, 0.4) is 0 Å². The van der Waals surface area contributed by atoms with Gasteiger partial charge >= 0.3 is 18.7 Å². The molecule has 0 unspecified atom stereocenters. The monoisotopic (exact) mass is 1020 g/mol. The summed E-state index contributed by atoms with van der Waals surface area (Å²) in [6.45, 7) is -0.713. The minimum atomic E-state index is -4.63. The molecule has 0 bridgehead atoms. The maximum absolute atomic E-state index is 13.4. The van der Waals surface area contributed by atoms with E-state index in [-0.39, 0.29) is 94.9 Å². The van der Waals surface area contributed by atoms with Crippen molar-refractivity contribution < 1.29 is 77.6 Å². The molecule has 2 spiro atoms. The number of hydrogen-bond acceptors (Lipinski definition) is 13. The van der Waals surface area contributed by atoms with Gasteiger partial charge < -0.3 is 34.5 Å². The van der Waals surface area contributed by atoms with Crippen LogP contribution < -0.4 is 20.5 Å². The Bertz CT molecular complexity index is 2440. The van der Waals surface area contributed by atoms with Crippen LogP contribution in [-0.2, 0) is 19.1 Å². The quantitative estimate of drug-likeness (QED) is 0.107. The molecule has 0 atom stereocenters. The number of aliphatic carboxylic acids is 1. The lowest BCUT2D eigenvalue weighted by Gasteiger charge is -2.57. The molecule has 6 aliphatic rings. The lowest BCUT2D eigenvalue weighted by atomic mass is 9.50. The highest BCUT2D eigenvalue weighted by Crippen LogP contribution is 2.62. The first-order chi connectivity index (χ1) is 32.5. The number of alkyl halides is 6. The molecule has 6 fully saturated rings. The van der Waals surface area contributed by atoms with Crippen LogP contribution in [-0.4, -0.2) is 87.6 Å². The third kappa shape index (κ3) is 12.9. The number of ether oxygens (including phenoxy) is 4. The fourth-order valence-electron chi connectivity index (χ4n) is 10.1. The minimum absolute atomic E-state index is 0.0145. The van der Waals surface area contributed by atoms with E-state index >= 15 is 0 Å². The highest BCUT2D eigenvalue weighted by molar-refractivity contribution is 6.31. The Kier molecular flexibility index (Phi) is 14.7. The van der Waals surface area contributed by atoms with E-state index in [9.17, 15) is 44.7 Å². The largest absolute Gasteiger partial charge is 0.522 e. The number of nitrogens with zero attached hydrogens (tertiary/aromatic N) is 4. The van der Waals surface area contributed by atoms with Crippen molar-refractivity contribution in [3.63, 3.8) is 0 Å². The second kappa shape index (κ2) is 20.1. The first kappa shape index (κ1) is 50.5. The Morgan fingerprint density at radius 2 is 1.04 bits per heavy atom. The Hall–Kier alpha value is -4.84. The Morgan fingerprint density at radius 3 is 1.42 bits per heavy atom. The van der Waals surface area contributed by atoms with E-state index in [1.165, 1.54) is 24.3 Å². The van der Waals surface area contributed by atoms with E-state index in [1.54, 1.807) is 0 Å². The number of carbonyl (C=O) groups is 2. The molecular formula is C44H46Cl2F8N6O9. The lowest BCUT2D eigenvalue weighted by Crippen LogP contribution is -2.56. The molecule has 10 rings (SSSR count). The van der Waals surface area contributed by atoms with E-state index < -0.39 is 49.1 Å². The highest BCUT2D eigenvalue weighted by atomic mass is 35.5. The van der Waals surface area contributed by atoms with Crippen LogP contribution in [0.5, 0.6) is 11.5 Å². The van der Waals surface area contributed by atoms with Crippen LogP contribution in [0.4, 0.5) is 35.1 Å². The van der Waals surface area contributed by atoms with Crippen molar-refractivity contribution in [3.8, 4) is 11.5 Å². The molecule has 6 aliphatic carbocycles. The van der Waals surface area contributed by atoms with Gasteiger partial charge in [0, 0.05) is 47.9 Å². The average molecular weight is 1030 g/mol. The molecule has 15 nitrogen and oxygen atoms in total. The minimum Gasteiger partial charge on any atom is -0.484 e. The van der Waals surface area contributed by atoms with Gasteiger partial charge in [-0.1, -0.05) is 23.2 Å². The number of carboxylic acid groups (broad SMARTS) is 1. The smallest absolute Gasteiger partial charge is 0.484 e. The van der Waals surface area contributed by atoms with E-state index in [0.717, 1.165) is 63.5 Å². The third-order valence-electron chi connectivity index (χ3n) is 13.4. The number of carbonyl (C=O) groups excluding carboxylic acids is 1. The average Bonchev–Trinajstić information content (AvgIpc) is 3.87. The molecular weight excluding hydrogens is 979 g/mol. The molecule has 0 saturated heterocycles. The number of nitrogens with two attached hydrogens (primary N) is 1. The number of hydrogen-bond donors (Lipinski definition) is 3. The number of aromatic nitrogens is 4. The summed E-state index contributed by atoms with van der Waals surface area (Å²) in [6.07, 6.45) is -2.22. The summed E-state index contributed by atoms with van der Waals surface area (Å²) in [5, 5.41) is 27.3. The summed E-state index contributed by atoms with van der Waals surface area (Å²) in [5.41, 5.74) is 6.36. The van der Waals surface area contributed by atoms with Crippen molar-refractivity contribution >= 4 is 35.1 Å². The van der Waals surface area contributed by atoms with Crippen molar-refractivity contribution in [2.45, 2.75) is 138 Å². The van der Waals surface area contributed by atoms with Crippen LogP contribution in [0.2, 0.25) is 10.0 Å². The highest BCUT2D eigenvalue weighted by Gasteiger charge is 2.56. The fourth-order valence-corrected chi connectivity index (χ4v) is 10.3. The van der Waals surface area contributed by atoms with Gasteiger partial charge in [-0.15, -0.1) is 46.7 Å². The molecule has 4 N–H and O–H groups in total. The Balaban J connectivity index is 0.000000156. The molecule has 25 heteroatoms. The van der Waals surface area contributed by atoms with E-state index in [2.05, 4.69) is 35.2 Å². The van der Waals surface area contributed by atoms with E-state index in [0.29, 0.717) is 35.0 Å². The van der Waals surface area contributed by atoms with Gasteiger partial charge in [0.05, 0.1) is 22.3 Å². The van der Waals surface area contributed by atoms with Crippen molar-refractivity contribution in [2.24, 2.45) is 16.6 Å². The maximum atomic E-state index is 13.4. The molecule has 0 aliphatic heterocycles. The first-order valence-electron chi connectivity index (χ1n) is 22.1. The Morgan fingerprint density at radius 1 is 0.652 bits per heavy atom. The molecule has 2 aromatic heterocycles. The van der Waals surface area contributed by atoms with Crippen molar-refractivity contribution in [3.05, 3.63) is 81.6 Å². The molecule has 0 radical (unpaired) electrons. The predicted molar refractivity (Wildman–Crippen MR) is 223 cm³/mol. The number of rotatable bonds is 13. The molecule has 2 aromatic carbocycles.